The molecule has 1 aliphatic rings. The fourth-order valence-corrected chi connectivity index (χ4v) is 3.20. The number of halogens is 3. The van der Waals surface area contributed by atoms with Gasteiger partial charge in [-0.1, -0.05) is 24.3 Å². The Morgan fingerprint density at radius 2 is 1.43 bits per heavy atom. The molecule has 0 bridgehead atoms. The number of nitrogens with zero attached hydrogens (tertiary/aromatic N) is 1. The van der Waals surface area contributed by atoms with Gasteiger partial charge in [0.15, 0.2) is 0 Å². The standard InChI is InChI=1S/C20H12F3N3O4/c21-20(22,23)30-13-7-3-11(4-8-13)10-1-5-12(6-2-10)26-15(27)9-14-16(17(26)24)19(29)25-18(14)28/h1-9H,24H2,(H,25,28,29). The summed E-state index contributed by atoms with van der Waals surface area (Å²) in [6.07, 6.45) is -4.77. The molecule has 3 aromatic rings. The number of aromatic nitrogens is 1. The van der Waals surface area contributed by atoms with Gasteiger partial charge < -0.3 is 10.5 Å². The van der Waals surface area contributed by atoms with E-state index in [1.54, 1.807) is 24.3 Å². The molecule has 1 aliphatic heterocycles. The van der Waals surface area contributed by atoms with Gasteiger partial charge in [-0.05, 0) is 35.4 Å². The third kappa shape index (κ3) is 3.39. The van der Waals surface area contributed by atoms with E-state index in [-0.39, 0.29) is 22.7 Å². The maximum absolute atomic E-state index is 12.4. The van der Waals surface area contributed by atoms with Crippen molar-refractivity contribution < 1.29 is 27.5 Å². The second-order valence-electron chi connectivity index (χ2n) is 6.39. The molecular formula is C20H12F3N3O4. The zero-order chi connectivity index (χ0) is 21.6. The minimum atomic E-state index is -4.77. The van der Waals surface area contributed by atoms with E-state index in [9.17, 15) is 27.6 Å². The number of nitrogens with one attached hydrogen (secondary N) is 1. The summed E-state index contributed by atoms with van der Waals surface area (Å²) in [4.78, 5) is 36.1. The van der Waals surface area contributed by atoms with Gasteiger partial charge >= 0.3 is 6.36 Å². The average molecular weight is 415 g/mol. The van der Waals surface area contributed by atoms with Crippen LogP contribution >= 0.6 is 0 Å². The molecule has 2 amide bonds. The summed E-state index contributed by atoms with van der Waals surface area (Å²) < 4.78 is 41.7. The number of alkyl halides is 3. The van der Waals surface area contributed by atoms with E-state index in [4.69, 9.17) is 5.73 Å². The van der Waals surface area contributed by atoms with Crippen molar-refractivity contribution in [3.63, 3.8) is 0 Å². The van der Waals surface area contributed by atoms with Crippen LogP contribution in [0.25, 0.3) is 16.8 Å². The third-order valence-corrected chi connectivity index (χ3v) is 4.50. The predicted molar refractivity (Wildman–Crippen MR) is 100 cm³/mol. The van der Waals surface area contributed by atoms with Crippen molar-refractivity contribution in [1.29, 1.82) is 0 Å². The molecule has 7 nitrogen and oxygen atoms in total. The van der Waals surface area contributed by atoms with Gasteiger partial charge in [0.2, 0.25) is 0 Å². The van der Waals surface area contributed by atoms with Crippen LogP contribution in [0.2, 0.25) is 0 Å². The molecule has 4 rings (SSSR count). The Hall–Kier alpha value is -4.08. The topological polar surface area (TPSA) is 103 Å². The summed E-state index contributed by atoms with van der Waals surface area (Å²) in [6, 6.07) is 12.7. The zero-order valence-corrected chi connectivity index (χ0v) is 15.0. The number of anilines is 1. The Morgan fingerprint density at radius 1 is 0.867 bits per heavy atom. The average Bonchev–Trinajstić information content (AvgIpc) is 2.95. The van der Waals surface area contributed by atoms with Crippen LogP contribution in [0, 0.1) is 0 Å². The molecule has 0 fully saturated rings. The van der Waals surface area contributed by atoms with Gasteiger partial charge in [-0.15, -0.1) is 13.2 Å². The van der Waals surface area contributed by atoms with Crippen LogP contribution in [0.4, 0.5) is 19.0 Å². The second-order valence-corrected chi connectivity index (χ2v) is 6.39. The van der Waals surface area contributed by atoms with Crippen LogP contribution in [-0.2, 0) is 0 Å². The molecule has 0 radical (unpaired) electrons. The van der Waals surface area contributed by atoms with Crippen LogP contribution in [0.1, 0.15) is 20.7 Å². The fraction of sp³-hybridized carbons (Fsp3) is 0.0500. The molecule has 0 saturated carbocycles. The molecule has 0 aliphatic carbocycles. The van der Waals surface area contributed by atoms with E-state index in [2.05, 4.69) is 10.1 Å². The Kier molecular flexibility index (Phi) is 4.34. The number of nitrogens with two attached hydrogens (primary N) is 1. The number of amides is 2. The Morgan fingerprint density at radius 3 is 2.00 bits per heavy atom. The molecule has 0 saturated heterocycles. The van der Waals surface area contributed by atoms with E-state index in [1.807, 2.05) is 0 Å². The number of hydrogen-bond donors (Lipinski definition) is 2. The van der Waals surface area contributed by atoms with Crippen LogP contribution in [0.3, 0.4) is 0 Å². The summed E-state index contributed by atoms with van der Waals surface area (Å²) in [5.74, 6) is -1.87. The van der Waals surface area contributed by atoms with E-state index in [0.29, 0.717) is 16.8 Å². The van der Waals surface area contributed by atoms with Crippen LogP contribution in [0.5, 0.6) is 5.75 Å². The predicted octanol–water partition coefficient (Wildman–Crippen LogP) is 2.87. The summed E-state index contributed by atoms with van der Waals surface area (Å²) in [5.41, 5.74) is 6.90. The van der Waals surface area contributed by atoms with Gasteiger partial charge in [0, 0.05) is 6.07 Å². The van der Waals surface area contributed by atoms with E-state index in [0.717, 1.165) is 10.6 Å². The van der Waals surface area contributed by atoms with Crippen molar-refractivity contribution in [3.05, 3.63) is 76.1 Å². The largest absolute Gasteiger partial charge is 0.573 e. The van der Waals surface area contributed by atoms with Gasteiger partial charge in [0.25, 0.3) is 17.4 Å². The number of carbonyl (C=O) groups excluding carboxylic acids is 2. The highest BCUT2D eigenvalue weighted by atomic mass is 19.4. The van der Waals surface area contributed by atoms with Crippen LogP contribution in [0.15, 0.2) is 59.4 Å². The molecule has 2 heterocycles. The Bertz CT molecular complexity index is 1230. The minimum Gasteiger partial charge on any atom is -0.406 e. The lowest BCUT2D eigenvalue weighted by Crippen LogP contribution is -2.24. The van der Waals surface area contributed by atoms with Gasteiger partial charge in [0.1, 0.15) is 11.6 Å². The second kappa shape index (κ2) is 6.76. The van der Waals surface area contributed by atoms with E-state index < -0.39 is 23.7 Å². The monoisotopic (exact) mass is 415 g/mol. The fourth-order valence-electron chi connectivity index (χ4n) is 3.20. The first-order chi connectivity index (χ1) is 14.1. The molecule has 0 atom stereocenters. The maximum Gasteiger partial charge on any atom is 0.573 e. The number of fused-ring (bicyclic) bond motifs is 1. The van der Waals surface area contributed by atoms with Gasteiger partial charge in [-0.25, -0.2) is 0 Å². The molecule has 1 aromatic heterocycles. The Labute approximate surface area is 166 Å². The number of imide groups is 1. The van der Waals surface area contributed by atoms with Crippen molar-refractivity contribution >= 4 is 17.6 Å². The number of ether oxygens (including phenoxy) is 1. The van der Waals surface area contributed by atoms with E-state index in [1.165, 1.54) is 24.3 Å². The van der Waals surface area contributed by atoms with Crippen molar-refractivity contribution in [1.82, 2.24) is 9.88 Å². The SMILES string of the molecule is Nc1c2c(cc(=O)n1-c1ccc(-c3ccc(OC(F)(F)F)cc3)cc1)C(=O)NC2=O. The van der Waals surface area contributed by atoms with Crippen molar-refractivity contribution in [2.45, 2.75) is 6.36 Å². The first kappa shape index (κ1) is 19.2. The number of carbonyl (C=O) groups is 2. The summed E-state index contributed by atoms with van der Waals surface area (Å²) in [6.45, 7) is 0. The Balaban J connectivity index is 1.67. The third-order valence-electron chi connectivity index (χ3n) is 4.50. The highest BCUT2D eigenvalue weighted by molar-refractivity contribution is 6.23. The molecule has 10 heteroatoms. The summed E-state index contributed by atoms with van der Waals surface area (Å²) >= 11 is 0. The lowest BCUT2D eigenvalue weighted by Gasteiger charge is -2.13. The molecule has 0 spiro atoms. The first-order valence-corrected chi connectivity index (χ1v) is 8.52. The van der Waals surface area contributed by atoms with Crippen LogP contribution < -0.4 is 21.3 Å². The number of rotatable bonds is 3. The van der Waals surface area contributed by atoms with Crippen molar-refractivity contribution in [3.8, 4) is 22.6 Å². The van der Waals surface area contributed by atoms with Crippen LogP contribution in [-0.4, -0.2) is 22.7 Å². The highest BCUT2D eigenvalue weighted by Crippen LogP contribution is 2.28. The van der Waals surface area contributed by atoms with Crippen molar-refractivity contribution in [2.75, 3.05) is 5.73 Å². The molecule has 2 aromatic carbocycles. The summed E-state index contributed by atoms with van der Waals surface area (Å²) in [5, 5.41) is 2.09. The van der Waals surface area contributed by atoms with E-state index >= 15 is 0 Å². The molecular weight excluding hydrogens is 403 g/mol. The number of benzene rings is 2. The number of pyridine rings is 1. The molecule has 152 valence electrons. The number of nitrogen functional groups attached to an aromatic ring is 1. The number of hydrogen-bond acceptors (Lipinski definition) is 5. The van der Waals surface area contributed by atoms with Gasteiger partial charge in [-0.3, -0.25) is 24.3 Å². The lowest BCUT2D eigenvalue weighted by molar-refractivity contribution is -0.274. The zero-order valence-electron chi connectivity index (χ0n) is 15.0. The highest BCUT2D eigenvalue weighted by Gasteiger charge is 2.32. The van der Waals surface area contributed by atoms with Gasteiger partial charge in [-0.2, -0.15) is 0 Å². The van der Waals surface area contributed by atoms with Crippen molar-refractivity contribution in [2.24, 2.45) is 0 Å². The maximum atomic E-state index is 12.4. The first-order valence-electron chi connectivity index (χ1n) is 8.52. The molecule has 30 heavy (non-hydrogen) atoms. The molecule has 3 N–H and O–H groups in total. The quantitative estimate of drug-likeness (QED) is 0.641. The lowest BCUT2D eigenvalue weighted by atomic mass is 10.0. The summed E-state index contributed by atoms with van der Waals surface area (Å²) in [7, 11) is 0. The molecule has 0 unspecified atom stereocenters. The minimum absolute atomic E-state index is 0.0658. The smallest absolute Gasteiger partial charge is 0.406 e. The normalized spacial score (nSPS) is 13.2. The van der Waals surface area contributed by atoms with Gasteiger partial charge in [0.05, 0.1) is 16.8 Å².